The van der Waals surface area contributed by atoms with Gasteiger partial charge in [0.05, 0.1) is 11.5 Å². The zero-order chi connectivity index (χ0) is 21.9. The number of hydrogen-bond acceptors (Lipinski definition) is 4. The highest BCUT2D eigenvalue weighted by molar-refractivity contribution is 7.89. The van der Waals surface area contributed by atoms with Crippen LogP contribution in [0.25, 0.3) is 0 Å². The van der Waals surface area contributed by atoms with Gasteiger partial charge in [-0.15, -0.1) is 0 Å². The molecule has 1 amide bonds. The Balaban J connectivity index is 1.85. The summed E-state index contributed by atoms with van der Waals surface area (Å²) >= 11 is 17.9. The fraction of sp³-hybridized carbons (Fsp3) is 0.350. The maximum atomic E-state index is 13.2. The lowest BCUT2D eigenvalue weighted by molar-refractivity contribution is -0.121. The quantitative estimate of drug-likeness (QED) is 0.623. The third kappa shape index (κ3) is 5.59. The van der Waals surface area contributed by atoms with Gasteiger partial charge in [0.2, 0.25) is 15.9 Å². The lowest BCUT2D eigenvalue weighted by Gasteiger charge is -2.41. The summed E-state index contributed by atoms with van der Waals surface area (Å²) in [6.45, 7) is 0.545. The number of hydrogen-bond donors (Lipinski definition) is 1. The molecule has 1 heterocycles. The van der Waals surface area contributed by atoms with E-state index in [4.69, 9.17) is 45.3 Å². The van der Waals surface area contributed by atoms with Crippen LogP contribution in [0.4, 0.5) is 0 Å². The molecule has 0 radical (unpaired) electrons. The molecule has 0 saturated carbocycles. The van der Waals surface area contributed by atoms with Gasteiger partial charge in [0, 0.05) is 40.0 Å². The van der Waals surface area contributed by atoms with Crippen molar-refractivity contribution in [3.63, 3.8) is 0 Å². The number of primary amides is 1. The molecule has 0 spiro atoms. The van der Waals surface area contributed by atoms with Crippen molar-refractivity contribution >= 4 is 50.7 Å². The molecule has 10 heteroatoms. The Morgan fingerprint density at radius 3 is 2.30 bits per heavy atom. The average molecular weight is 492 g/mol. The number of rotatable bonds is 7. The molecule has 1 aliphatic rings. The summed E-state index contributed by atoms with van der Waals surface area (Å²) in [4.78, 5) is 11.8. The SMILES string of the molecule is NC(=O)CC1(COc2ccc(Cl)cc2)CCCN(S(=O)(=O)c2cc(Cl)cc(Cl)c2)C1. The Morgan fingerprint density at radius 1 is 1.07 bits per heavy atom. The van der Waals surface area contributed by atoms with Crippen LogP contribution in [0.3, 0.4) is 0 Å². The Morgan fingerprint density at radius 2 is 1.70 bits per heavy atom. The zero-order valence-electron chi connectivity index (χ0n) is 16.0. The van der Waals surface area contributed by atoms with Crippen LogP contribution in [0.15, 0.2) is 47.4 Å². The van der Waals surface area contributed by atoms with Gasteiger partial charge in [-0.3, -0.25) is 4.79 Å². The molecule has 0 aliphatic carbocycles. The third-order valence-electron chi connectivity index (χ3n) is 5.01. The second kappa shape index (κ2) is 9.32. The molecule has 1 atom stereocenters. The third-order valence-corrected chi connectivity index (χ3v) is 7.52. The summed E-state index contributed by atoms with van der Waals surface area (Å²) in [5.74, 6) is 0.0598. The molecule has 1 unspecified atom stereocenters. The van der Waals surface area contributed by atoms with Crippen LogP contribution >= 0.6 is 34.8 Å². The molecule has 0 bridgehead atoms. The first kappa shape index (κ1) is 23.2. The molecule has 2 aromatic rings. The van der Waals surface area contributed by atoms with E-state index < -0.39 is 21.3 Å². The normalized spacial score (nSPS) is 20.1. The summed E-state index contributed by atoms with van der Waals surface area (Å²) < 4.78 is 33.6. The Labute approximate surface area is 190 Å². The number of benzene rings is 2. The molecule has 3 rings (SSSR count). The van der Waals surface area contributed by atoms with Crippen molar-refractivity contribution in [2.75, 3.05) is 19.7 Å². The number of ether oxygens (including phenoxy) is 1. The van der Waals surface area contributed by atoms with Crippen LogP contribution in [0.5, 0.6) is 5.75 Å². The predicted octanol–water partition coefficient (Wildman–Crippen LogP) is 4.37. The Bertz CT molecular complexity index is 1010. The first-order valence-electron chi connectivity index (χ1n) is 9.23. The molecular formula is C20H21Cl3N2O4S. The van der Waals surface area contributed by atoms with Crippen molar-refractivity contribution in [2.45, 2.75) is 24.2 Å². The molecule has 6 nitrogen and oxygen atoms in total. The van der Waals surface area contributed by atoms with E-state index in [0.717, 1.165) is 0 Å². The standard InChI is InChI=1S/C20H21Cl3N2O4S/c21-14-2-4-17(5-3-14)29-13-20(11-19(24)26)6-1-7-25(12-20)30(27,28)18-9-15(22)8-16(23)10-18/h2-5,8-10H,1,6-7,11-13H2,(H2,24,26). The number of halogens is 3. The molecule has 1 fully saturated rings. The van der Waals surface area contributed by atoms with Gasteiger partial charge in [-0.2, -0.15) is 4.31 Å². The van der Waals surface area contributed by atoms with Crippen LogP contribution in [0, 0.1) is 5.41 Å². The molecule has 1 aliphatic heterocycles. The highest BCUT2D eigenvalue weighted by atomic mass is 35.5. The zero-order valence-corrected chi connectivity index (χ0v) is 19.1. The van der Waals surface area contributed by atoms with E-state index in [-0.39, 0.29) is 34.5 Å². The number of carbonyl (C=O) groups is 1. The molecule has 1 saturated heterocycles. The molecule has 2 N–H and O–H groups in total. The lowest BCUT2D eigenvalue weighted by atomic mass is 9.78. The highest BCUT2D eigenvalue weighted by Gasteiger charge is 2.42. The molecule has 2 aromatic carbocycles. The van der Waals surface area contributed by atoms with Gasteiger partial charge in [-0.1, -0.05) is 34.8 Å². The van der Waals surface area contributed by atoms with Crippen LogP contribution in [0.2, 0.25) is 15.1 Å². The molecule has 30 heavy (non-hydrogen) atoms. The first-order chi connectivity index (χ1) is 14.1. The Hall–Kier alpha value is -1.51. The minimum atomic E-state index is -3.86. The number of nitrogens with two attached hydrogens (primary N) is 1. The van der Waals surface area contributed by atoms with E-state index in [9.17, 15) is 13.2 Å². The molecule has 162 valence electrons. The van der Waals surface area contributed by atoms with Crippen molar-refractivity contribution in [3.8, 4) is 5.75 Å². The topological polar surface area (TPSA) is 89.7 Å². The van der Waals surface area contributed by atoms with Gasteiger partial charge in [-0.05, 0) is 55.3 Å². The van der Waals surface area contributed by atoms with Gasteiger partial charge in [0.1, 0.15) is 5.75 Å². The van der Waals surface area contributed by atoms with Gasteiger partial charge in [0.15, 0.2) is 0 Å². The number of amides is 1. The van der Waals surface area contributed by atoms with E-state index >= 15 is 0 Å². The summed E-state index contributed by atoms with van der Waals surface area (Å²) in [6.07, 6.45) is 1.17. The second-order valence-electron chi connectivity index (χ2n) is 7.43. The summed E-state index contributed by atoms with van der Waals surface area (Å²) in [6, 6.07) is 11.0. The smallest absolute Gasteiger partial charge is 0.243 e. The van der Waals surface area contributed by atoms with E-state index in [1.54, 1.807) is 24.3 Å². The van der Waals surface area contributed by atoms with Crippen molar-refractivity contribution < 1.29 is 17.9 Å². The number of nitrogens with zero attached hydrogens (tertiary/aromatic N) is 1. The van der Waals surface area contributed by atoms with Crippen molar-refractivity contribution in [3.05, 3.63) is 57.5 Å². The maximum absolute atomic E-state index is 13.2. The monoisotopic (exact) mass is 490 g/mol. The number of piperidine rings is 1. The predicted molar refractivity (Wildman–Crippen MR) is 118 cm³/mol. The van der Waals surface area contributed by atoms with Crippen LogP contribution in [-0.2, 0) is 14.8 Å². The number of carbonyl (C=O) groups excluding carboxylic acids is 1. The fourth-order valence-electron chi connectivity index (χ4n) is 3.64. The van der Waals surface area contributed by atoms with E-state index in [0.29, 0.717) is 30.2 Å². The summed E-state index contributed by atoms with van der Waals surface area (Å²) in [7, 11) is -3.86. The minimum absolute atomic E-state index is 0.00289. The molecule has 0 aromatic heterocycles. The second-order valence-corrected chi connectivity index (χ2v) is 10.7. The van der Waals surface area contributed by atoms with Crippen molar-refractivity contribution in [2.24, 2.45) is 11.1 Å². The van der Waals surface area contributed by atoms with Gasteiger partial charge < -0.3 is 10.5 Å². The average Bonchev–Trinajstić information content (AvgIpc) is 2.66. The minimum Gasteiger partial charge on any atom is -0.493 e. The fourth-order valence-corrected chi connectivity index (χ4v) is 6.09. The van der Waals surface area contributed by atoms with Gasteiger partial charge in [0.25, 0.3) is 0 Å². The van der Waals surface area contributed by atoms with Crippen LogP contribution in [0.1, 0.15) is 19.3 Å². The van der Waals surface area contributed by atoms with E-state index in [1.165, 1.54) is 22.5 Å². The van der Waals surface area contributed by atoms with Crippen molar-refractivity contribution in [1.82, 2.24) is 4.31 Å². The lowest BCUT2D eigenvalue weighted by Crippen LogP contribution is -2.50. The van der Waals surface area contributed by atoms with Crippen molar-refractivity contribution in [1.29, 1.82) is 0 Å². The maximum Gasteiger partial charge on any atom is 0.243 e. The van der Waals surface area contributed by atoms with Gasteiger partial charge >= 0.3 is 0 Å². The summed E-state index contributed by atoms with van der Waals surface area (Å²) in [5, 5.41) is 1.03. The van der Waals surface area contributed by atoms with Crippen LogP contribution < -0.4 is 10.5 Å². The largest absolute Gasteiger partial charge is 0.493 e. The first-order valence-corrected chi connectivity index (χ1v) is 11.8. The summed E-state index contributed by atoms with van der Waals surface area (Å²) in [5.41, 5.74) is 4.74. The van der Waals surface area contributed by atoms with Gasteiger partial charge in [-0.25, -0.2) is 8.42 Å². The Kier molecular flexibility index (Phi) is 7.20. The van der Waals surface area contributed by atoms with Crippen LogP contribution in [-0.4, -0.2) is 38.3 Å². The highest BCUT2D eigenvalue weighted by Crippen LogP contribution is 2.37. The molecular weight excluding hydrogens is 471 g/mol. The van der Waals surface area contributed by atoms with E-state index in [1.807, 2.05) is 0 Å². The number of sulfonamides is 1. The van der Waals surface area contributed by atoms with E-state index in [2.05, 4.69) is 0 Å².